The molecule has 0 spiro atoms. The van der Waals surface area contributed by atoms with E-state index in [4.69, 9.17) is 9.47 Å². The molecule has 0 aliphatic rings. The number of amides is 1. The molecular formula is C18H23N3O3. The summed E-state index contributed by atoms with van der Waals surface area (Å²) in [5.41, 5.74) is 1.60. The van der Waals surface area contributed by atoms with Crippen molar-refractivity contribution in [3.63, 3.8) is 0 Å². The van der Waals surface area contributed by atoms with Gasteiger partial charge in [0.1, 0.15) is 11.6 Å². The number of nitrogens with zero attached hydrogens (tertiary/aromatic N) is 1. The summed E-state index contributed by atoms with van der Waals surface area (Å²) in [4.78, 5) is 16.4. The first-order chi connectivity index (χ1) is 11.7. The summed E-state index contributed by atoms with van der Waals surface area (Å²) in [7, 11) is 3.29. The first-order valence-corrected chi connectivity index (χ1v) is 7.83. The van der Waals surface area contributed by atoms with Gasteiger partial charge in [0.2, 0.25) is 0 Å². The molecule has 2 aromatic rings. The molecule has 0 bridgehead atoms. The molecule has 2 rings (SSSR count). The van der Waals surface area contributed by atoms with Gasteiger partial charge in [-0.15, -0.1) is 0 Å². The van der Waals surface area contributed by atoms with Crippen LogP contribution >= 0.6 is 0 Å². The molecule has 0 aliphatic carbocycles. The van der Waals surface area contributed by atoms with E-state index in [1.54, 1.807) is 32.5 Å². The molecule has 0 radical (unpaired) electrons. The Bertz CT molecular complexity index is 644. The third-order valence-corrected chi connectivity index (χ3v) is 3.51. The van der Waals surface area contributed by atoms with E-state index in [1.807, 2.05) is 24.3 Å². The summed E-state index contributed by atoms with van der Waals surface area (Å²) in [6, 6.07) is 11.3. The summed E-state index contributed by atoms with van der Waals surface area (Å²) >= 11 is 0. The third-order valence-electron chi connectivity index (χ3n) is 3.51. The zero-order chi connectivity index (χ0) is 17.2. The van der Waals surface area contributed by atoms with Gasteiger partial charge in [-0.1, -0.05) is 18.2 Å². The van der Waals surface area contributed by atoms with E-state index in [0.29, 0.717) is 31.7 Å². The average molecular weight is 329 g/mol. The minimum Gasteiger partial charge on any atom is -0.496 e. The zero-order valence-corrected chi connectivity index (χ0v) is 14.0. The normalized spacial score (nSPS) is 10.2. The summed E-state index contributed by atoms with van der Waals surface area (Å²) in [5.74, 6) is 1.42. The van der Waals surface area contributed by atoms with Crippen molar-refractivity contribution < 1.29 is 14.3 Å². The molecule has 1 heterocycles. The molecule has 6 nitrogen and oxygen atoms in total. The predicted molar refractivity (Wildman–Crippen MR) is 93.6 cm³/mol. The number of carbonyl (C=O) groups is 1. The maximum absolute atomic E-state index is 12.1. The van der Waals surface area contributed by atoms with Gasteiger partial charge >= 0.3 is 0 Å². The summed E-state index contributed by atoms with van der Waals surface area (Å²) in [6.45, 7) is 1.81. The fourth-order valence-corrected chi connectivity index (χ4v) is 2.24. The molecule has 24 heavy (non-hydrogen) atoms. The van der Waals surface area contributed by atoms with E-state index in [0.717, 1.165) is 17.1 Å². The van der Waals surface area contributed by atoms with Gasteiger partial charge in [0.25, 0.3) is 5.91 Å². The number of rotatable bonds is 9. The van der Waals surface area contributed by atoms with Crippen molar-refractivity contribution in [3.8, 4) is 5.75 Å². The van der Waals surface area contributed by atoms with Crippen molar-refractivity contribution in [3.05, 3.63) is 53.7 Å². The highest BCUT2D eigenvalue weighted by Crippen LogP contribution is 2.17. The lowest BCUT2D eigenvalue weighted by molar-refractivity contribution is 0.0953. The average Bonchev–Trinajstić information content (AvgIpc) is 2.63. The SMILES string of the molecule is COCCNc1ccc(C(=O)NCCc2ccccc2OC)cn1. The molecule has 2 N–H and O–H groups in total. The molecule has 0 saturated heterocycles. The third kappa shape index (κ3) is 5.24. The monoisotopic (exact) mass is 329 g/mol. The van der Waals surface area contributed by atoms with Gasteiger partial charge in [0, 0.05) is 26.4 Å². The number of aromatic nitrogens is 1. The van der Waals surface area contributed by atoms with E-state index in [1.165, 1.54) is 0 Å². The number of para-hydroxylation sites is 1. The number of benzene rings is 1. The number of hydrogen-bond donors (Lipinski definition) is 2. The van der Waals surface area contributed by atoms with Crippen molar-refractivity contribution in [1.29, 1.82) is 0 Å². The van der Waals surface area contributed by atoms with Crippen LogP contribution in [-0.4, -0.2) is 44.8 Å². The first kappa shape index (κ1) is 17.7. The molecule has 1 amide bonds. The Kier molecular flexibility index (Phi) is 7.04. The fraction of sp³-hybridized carbons (Fsp3) is 0.333. The number of anilines is 1. The first-order valence-electron chi connectivity index (χ1n) is 7.83. The Balaban J connectivity index is 1.82. The van der Waals surface area contributed by atoms with Crippen LogP contribution in [0.4, 0.5) is 5.82 Å². The standard InChI is InChI=1S/C18H23N3O3/c1-23-12-11-19-17-8-7-15(13-21-17)18(22)20-10-9-14-5-3-4-6-16(14)24-2/h3-8,13H,9-12H2,1-2H3,(H,19,21)(H,20,22). The van der Waals surface area contributed by atoms with E-state index >= 15 is 0 Å². The molecule has 128 valence electrons. The van der Waals surface area contributed by atoms with Gasteiger partial charge in [0.05, 0.1) is 19.3 Å². The number of carbonyl (C=O) groups excluding carboxylic acids is 1. The maximum Gasteiger partial charge on any atom is 0.252 e. The largest absolute Gasteiger partial charge is 0.496 e. The van der Waals surface area contributed by atoms with Crippen LogP contribution < -0.4 is 15.4 Å². The molecule has 0 aliphatic heterocycles. The van der Waals surface area contributed by atoms with Crippen LogP contribution in [0.15, 0.2) is 42.6 Å². The summed E-state index contributed by atoms with van der Waals surface area (Å²) < 4.78 is 10.3. The van der Waals surface area contributed by atoms with E-state index < -0.39 is 0 Å². The molecule has 6 heteroatoms. The summed E-state index contributed by atoms with van der Waals surface area (Å²) in [5, 5.41) is 6.00. The van der Waals surface area contributed by atoms with E-state index in [-0.39, 0.29) is 5.91 Å². The van der Waals surface area contributed by atoms with Gasteiger partial charge in [-0.3, -0.25) is 4.79 Å². The molecule has 0 unspecified atom stereocenters. The highest BCUT2D eigenvalue weighted by Gasteiger charge is 2.07. The second-order valence-electron chi connectivity index (χ2n) is 5.17. The van der Waals surface area contributed by atoms with Crippen molar-refractivity contribution in [2.45, 2.75) is 6.42 Å². The number of pyridine rings is 1. The quantitative estimate of drug-likeness (QED) is 0.690. The molecule has 0 saturated carbocycles. The fourth-order valence-electron chi connectivity index (χ4n) is 2.24. The Labute approximate surface area is 142 Å². The van der Waals surface area contributed by atoms with Gasteiger partial charge in [-0.2, -0.15) is 0 Å². The van der Waals surface area contributed by atoms with Crippen molar-refractivity contribution >= 4 is 11.7 Å². The number of nitrogens with one attached hydrogen (secondary N) is 2. The van der Waals surface area contributed by atoms with Crippen molar-refractivity contribution in [1.82, 2.24) is 10.3 Å². The second kappa shape index (κ2) is 9.52. The smallest absolute Gasteiger partial charge is 0.252 e. The van der Waals surface area contributed by atoms with Crippen molar-refractivity contribution in [2.24, 2.45) is 0 Å². The Morgan fingerprint density at radius 2 is 1.96 bits per heavy atom. The maximum atomic E-state index is 12.1. The molecule has 0 fully saturated rings. The van der Waals surface area contributed by atoms with Gasteiger partial charge in [0.15, 0.2) is 0 Å². The van der Waals surface area contributed by atoms with Crippen LogP contribution in [-0.2, 0) is 11.2 Å². The zero-order valence-electron chi connectivity index (χ0n) is 14.0. The lowest BCUT2D eigenvalue weighted by Gasteiger charge is -2.09. The van der Waals surface area contributed by atoms with Crippen LogP contribution in [0.1, 0.15) is 15.9 Å². The Morgan fingerprint density at radius 3 is 2.67 bits per heavy atom. The van der Waals surface area contributed by atoms with Crippen molar-refractivity contribution in [2.75, 3.05) is 39.2 Å². The number of methoxy groups -OCH3 is 2. The molecule has 1 aromatic heterocycles. The molecule has 1 aromatic carbocycles. The van der Waals surface area contributed by atoms with E-state index in [2.05, 4.69) is 15.6 Å². The number of ether oxygens (including phenoxy) is 2. The molecule has 0 atom stereocenters. The highest BCUT2D eigenvalue weighted by atomic mass is 16.5. The lowest BCUT2D eigenvalue weighted by atomic mass is 10.1. The van der Waals surface area contributed by atoms with Crippen LogP contribution in [0, 0.1) is 0 Å². The predicted octanol–water partition coefficient (Wildman–Crippen LogP) is 2.12. The Morgan fingerprint density at radius 1 is 1.12 bits per heavy atom. The lowest BCUT2D eigenvalue weighted by Crippen LogP contribution is -2.26. The highest BCUT2D eigenvalue weighted by molar-refractivity contribution is 5.94. The van der Waals surface area contributed by atoms with Crippen LogP contribution in [0.3, 0.4) is 0 Å². The van der Waals surface area contributed by atoms with E-state index in [9.17, 15) is 4.79 Å². The minimum absolute atomic E-state index is 0.138. The van der Waals surface area contributed by atoms with Crippen LogP contribution in [0.2, 0.25) is 0 Å². The van der Waals surface area contributed by atoms with Crippen LogP contribution in [0.25, 0.3) is 0 Å². The molecular weight excluding hydrogens is 306 g/mol. The minimum atomic E-state index is -0.138. The second-order valence-corrected chi connectivity index (χ2v) is 5.17. The van der Waals surface area contributed by atoms with Gasteiger partial charge < -0.3 is 20.1 Å². The Hall–Kier alpha value is -2.60. The number of hydrogen-bond acceptors (Lipinski definition) is 5. The van der Waals surface area contributed by atoms with Gasteiger partial charge in [-0.25, -0.2) is 4.98 Å². The summed E-state index contributed by atoms with van der Waals surface area (Å²) in [6.07, 6.45) is 2.27. The van der Waals surface area contributed by atoms with Crippen LogP contribution in [0.5, 0.6) is 5.75 Å². The topological polar surface area (TPSA) is 72.5 Å². The van der Waals surface area contributed by atoms with Gasteiger partial charge in [-0.05, 0) is 30.2 Å².